The normalized spacial score (nSPS) is 12.0. The number of ether oxygens (including phenoxy) is 2. The minimum Gasteiger partial charge on any atom is -0.348 e. The molecule has 0 aromatic heterocycles. The molecule has 0 atom stereocenters. The second kappa shape index (κ2) is 4.51. The van der Waals surface area contributed by atoms with Crippen molar-refractivity contribution in [3.63, 3.8) is 0 Å². The van der Waals surface area contributed by atoms with Gasteiger partial charge in [-0.2, -0.15) is 0 Å². The van der Waals surface area contributed by atoms with Gasteiger partial charge in [-0.1, -0.05) is 6.92 Å². The standard InChI is InChI=1S/C5H8F3O2/c1-2-3-9-4-10-5(6,7)8/h4H,2-3H2,1H3. The highest BCUT2D eigenvalue weighted by atomic mass is 19.4. The Kier molecular flexibility index (Phi) is 4.38. The highest BCUT2D eigenvalue weighted by molar-refractivity contribution is 4.33. The summed E-state index contributed by atoms with van der Waals surface area (Å²) in [5, 5.41) is 0. The van der Waals surface area contributed by atoms with Crippen LogP contribution in [-0.4, -0.2) is 13.0 Å². The number of hydrogen-bond acceptors (Lipinski definition) is 2. The van der Waals surface area contributed by atoms with Crippen LogP contribution in [0.2, 0.25) is 0 Å². The molecule has 2 nitrogen and oxygen atoms in total. The molecule has 0 amide bonds. The van der Waals surface area contributed by atoms with Gasteiger partial charge in [0.1, 0.15) is 0 Å². The summed E-state index contributed by atoms with van der Waals surface area (Å²) in [7, 11) is 0. The van der Waals surface area contributed by atoms with Crippen molar-refractivity contribution in [2.24, 2.45) is 0 Å². The highest BCUT2D eigenvalue weighted by Crippen LogP contribution is 2.17. The lowest BCUT2D eigenvalue weighted by Gasteiger charge is -2.05. The fourth-order valence-electron chi connectivity index (χ4n) is 0.255. The summed E-state index contributed by atoms with van der Waals surface area (Å²) in [5.74, 6) is 0. The summed E-state index contributed by atoms with van der Waals surface area (Å²) in [6, 6.07) is 0. The first-order valence-electron chi connectivity index (χ1n) is 2.74. The van der Waals surface area contributed by atoms with E-state index in [-0.39, 0.29) is 6.61 Å². The van der Waals surface area contributed by atoms with E-state index >= 15 is 0 Å². The lowest BCUT2D eigenvalue weighted by atomic mass is 10.5. The van der Waals surface area contributed by atoms with Crippen molar-refractivity contribution in [1.82, 2.24) is 0 Å². The van der Waals surface area contributed by atoms with Crippen molar-refractivity contribution in [2.75, 3.05) is 6.61 Å². The second-order valence-electron chi connectivity index (χ2n) is 1.53. The third kappa shape index (κ3) is 7.71. The molecule has 0 fully saturated rings. The van der Waals surface area contributed by atoms with E-state index in [4.69, 9.17) is 0 Å². The number of rotatable bonds is 4. The van der Waals surface area contributed by atoms with E-state index in [9.17, 15) is 13.2 Å². The molecule has 0 saturated carbocycles. The Balaban J connectivity index is 3.04. The fourth-order valence-corrected chi connectivity index (χ4v) is 0.255. The van der Waals surface area contributed by atoms with Crippen molar-refractivity contribution in [1.29, 1.82) is 0 Å². The number of halogens is 3. The largest absolute Gasteiger partial charge is 0.524 e. The van der Waals surface area contributed by atoms with E-state index in [1.807, 2.05) is 0 Å². The Morgan fingerprint density at radius 1 is 1.40 bits per heavy atom. The van der Waals surface area contributed by atoms with Gasteiger partial charge in [0.05, 0.1) is 0 Å². The third-order valence-corrected chi connectivity index (χ3v) is 0.572. The van der Waals surface area contributed by atoms with E-state index in [0.717, 1.165) is 0 Å². The average molecular weight is 157 g/mol. The van der Waals surface area contributed by atoms with Crippen LogP contribution in [-0.2, 0) is 9.47 Å². The molecular formula is C5H8F3O2. The zero-order chi connectivity index (χ0) is 8.04. The topological polar surface area (TPSA) is 18.5 Å². The van der Waals surface area contributed by atoms with Crippen molar-refractivity contribution in [2.45, 2.75) is 19.7 Å². The Morgan fingerprint density at radius 3 is 2.40 bits per heavy atom. The van der Waals surface area contributed by atoms with Gasteiger partial charge < -0.3 is 4.74 Å². The van der Waals surface area contributed by atoms with Crippen LogP contribution in [0.15, 0.2) is 0 Å². The summed E-state index contributed by atoms with van der Waals surface area (Å²) in [4.78, 5) is 0. The average Bonchev–Trinajstić information content (AvgIpc) is 1.78. The Hall–Kier alpha value is -0.290. The van der Waals surface area contributed by atoms with Gasteiger partial charge in [-0.15, -0.1) is 13.2 Å². The number of alkyl halides is 3. The first-order valence-corrected chi connectivity index (χ1v) is 2.74. The first-order chi connectivity index (χ1) is 4.56. The van der Waals surface area contributed by atoms with Crippen LogP contribution >= 0.6 is 0 Å². The van der Waals surface area contributed by atoms with Crippen LogP contribution in [0.5, 0.6) is 0 Å². The van der Waals surface area contributed by atoms with Crippen LogP contribution in [0.25, 0.3) is 0 Å². The molecule has 0 bridgehead atoms. The monoisotopic (exact) mass is 157 g/mol. The van der Waals surface area contributed by atoms with Crippen LogP contribution in [0.3, 0.4) is 0 Å². The van der Waals surface area contributed by atoms with Gasteiger partial charge in [-0.25, -0.2) is 0 Å². The molecule has 1 radical (unpaired) electrons. The molecular weight excluding hydrogens is 149 g/mol. The van der Waals surface area contributed by atoms with Gasteiger partial charge in [0.15, 0.2) is 0 Å². The minimum atomic E-state index is -4.63. The van der Waals surface area contributed by atoms with E-state index in [0.29, 0.717) is 13.2 Å². The quantitative estimate of drug-likeness (QED) is 0.581. The van der Waals surface area contributed by atoms with E-state index < -0.39 is 6.36 Å². The van der Waals surface area contributed by atoms with Gasteiger partial charge in [0, 0.05) is 6.61 Å². The minimum absolute atomic E-state index is 0.232. The molecule has 0 aliphatic rings. The Bertz CT molecular complexity index is 81.5. The van der Waals surface area contributed by atoms with Crippen molar-refractivity contribution < 1.29 is 22.6 Å². The summed E-state index contributed by atoms with van der Waals surface area (Å²) < 4.78 is 40.9. The lowest BCUT2D eigenvalue weighted by molar-refractivity contribution is -0.326. The molecule has 0 unspecified atom stereocenters. The molecule has 0 aromatic carbocycles. The Labute approximate surface area is 56.9 Å². The van der Waals surface area contributed by atoms with Gasteiger partial charge in [-0.05, 0) is 6.42 Å². The number of hydrogen-bond donors (Lipinski definition) is 0. The lowest BCUT2D eigenvalue weighted by Crippen LogP contribution is -2.12. The summed E-state index contributed by atoms with van der Waals surface area (Å²) in [5.41, 5.74) is 0. The molecule has 61 valence electrons. The molecule has 0 N–H and O–H groups in total. The molecule has 0 saturated heterocycles. The van der Waals surface area contributed by atoms with Crippen molar-refractivity contribution in [3.05, 3.63) is 6.79 Å². The molecule has 10 heavy (non-hydrogen) atoms. The highest BCUT2D eigenvalue weighted by Gasteiger charge is 2.29. The van der Waals surface area contributed by atoms with Crippen LogP contribution in [0.1, 0.15) is 13.3 Å². The van der Waals surface area contributed by atoms with Gasteiger partial charge >= 0.3 is 6.36 Å². The van der Waals surface area contributed by atoms with Crippen LogP contribution < -0.4 is 0 Å². The van der Waals surface area contributed by atoms with Gasteiger partial charge in [0.2, 0.25) is 6.79 Å². The maximum absolute atomic E-state index is 11.1. The summed E-state index contributed by atoms with van der Waals surface area (Å²) in [6.45, 7) is 2.31. The zero-order valence-corrected chi connectivity index (χ0v) is 5.44. The van der Waals surface area contributed by atoms with Crippen molar-refractivity contribution >= 4 is 0 Å². The molecule has 0 aliphatic heterocycles. The maximum atomic E-state index is 11.1. The Morgan fingerprint density at radius 2 is 2.00 bits per heavy atom. The van der Waals surface area contributed by atoms with Crippen LogP contribution in [0, 0.1) is 6.79 Å². The molecule has 5 heteroatoms. The molecule has 0 aliphatic carbocycles. The predicted octanol–water partition coefficient (Wildman–Crippen LogP) is 2.07. The second-order valence-corrected chi connectivity index (χ2v) is 1.53. The SMILES string of the molecule is CCCO[CH]OC(F)(F)F. The van der Waals surface area contributed by atoms with Crippen LogP contribution in [0.4, 0.5) is 13.2 Å². The fraction of sp³-hybridized carbons (Fsp3) is 0.800. The van der Waals surface area contributed by atoms with E-state index in [1.165, 1.54) is 0 Å². The predicted molar refractivity (Wildman–Crippen MR) is 27.7 cm³/mol. The zero-order valence-electron chi connectivity index (χ0n) is 5.44. The first kappa shape index (κ1) is 9.71. The molecule has 0 spiro atoms. The maximum Gasteiger partial charge on any atom is 0.524 e. The summed E-state index contributed by atoms with van der Waals surface area (Å²) in [6.07, 6.45) is -3.98. The van der Waals surface area contributed by atoms with Gasteiger partial charge in [0.25, 0.3) is 0 Å². The van der Waals surface area contributed by atoms with Crippen molar-refractivity contribution in [3.8, 4) is 0 Å². The van der Waals surface area contributed by atoms with E-state index in [1.54, 1.807) is 6.92 Å². The van der Waals surface area contributed by atoms with Gasteiger partial charge in [-0.3, -0.25) is 4.74 Å². The van der Waals surface area contributed by atoms with E-state index in [2.05, 4.69) is 9.47 Å². The molecule has 0 aromatic rings. The smallest absolute Gasteiger partial charge is 0.348 e. The summed E-state index contributed by atoms with van der Waals surface area (Å²) >= 11 is 0. The molecule has 0 rings (SSSR count). The third-order valence-electron chi connectivity index (χ3n) is 0.572. The molecule has 0 heterocycles.